The minimum atomic E-state index is 0.0562. The van der Waals surface area contributed by atoms with Gasteiger partial charge >= 0.3 is 0 Å². The average molecular weight is 473 g/mol. The van der Waals surface area contributed by atoms with E-state index in [1.807, 2.05) is 79.1 Å². The summed E-state index contributed by atoms with van der Waals surface area (Å²) in [5.74, 6) is 2.37. The second-order valence-electron chi connectivity index (χ2n) is 7.94. The first kappa shape index (κ1) is 22.0. The highest BCUT2D eigenvalue weighted by Crippen LogP contribution is 2.37. The second kappa shape index (κ2) is 9.23. The molecule has 0 saturated heterocycles. The molecule has 4 aromatic rings. The van der Waals surface area contributed by atoms with Crippen LogP contribution in [0.15, 0.2) is 72.4 Å². The molecule has 0 saturated carbocycles. The molecule has 172 valence electrons. The predicted octanol–water partition coefficient (Wildman–Crippen LogP) is 5.24. The van der Waals surface area contributed by atoms with Gasteiger partial charge < -0.3 is 14.0 Å². The van der Waals surface area contributed by atoms with Crippen molar-refractivity contribution >= 4 is 17.5 Å². The molecule has 1 aliphatic heterocycles. The number of hydrogen-bond donors (Lipinski definition) is 0. The summed E-state index contributed by atoms with van der Waals surface area (Å²) in [5.41, 5.74) is 4.50. The smallest absolute Gasteiger partial charge is 0.231 e. The van der Waals surface area contributed by atoms with E-state index in [1.165, 1.54) is 11.8 Å². The van der Waals surface area contributed by atoms with Crippen LogP contribution in [0, 0.1) is 13.8 Å². The Morgan fingerprint density at radius 3 is 2.68 bits per heavy atom. The molecule has 2 aromatic heterocycles. The maximum Gasteiger partial charge on any atom is 0.231 e. The predicted molar refractivity (Wildman–Crippen MR) is 132 cm³/mol. The quantitative estimate of drug-likeness (QED) is 0.198. The van der Waals surface area contributed by atoms with Crippen molar-refractivity contribution in [2.45, 2.75) is 25.5 Å². The van der Waals surface area contributed by atoms with Crippen LogP contribution in [0.1, 0.15) is 21.7 Å². The number of ketones is 1. The van der Waals surface area contributed by atoms with E-state index in [-0.39, 0.29) is 18.3 Å². The number of thioether (sulfide) groups is 1. The maximum absolute atomic E-state index is 13.1. The molecule has 1 aliphatic rings. The van der Waals surface area contributed by atoms with Crippen molar-refractivity contribution in [1.29, 1.82) is 0 Å². The minimum Gasteiger partial charge on any atom is -0.454 e. The van der Waals surface area contributed by atoms with Crippen LogP contribution in [0.3, 0.4) is 0 Å². The molecule has 7 nitrogen and oxygen atoms in total. The summed E-state index contributed by atoms with van der Waals surface area (Å²) >= 11 is 1.38. The van der Waals surface area contributed by atoms with Crippen molar-refractivity contribution in [1.82, 2.24) is 19.3 Å². The van der Waals surface area contributed by atoms with Crippen LogP contribution in [0.2, 0.25) is 0 Å². The van der Waals surface area contributed by atoms with Gasteiger partial charge in [-0.05, 0) is 50.2 Å². The number of aryl methyl sites for hydroxylation is 1. The third-order valence-electron chi connectivity index (χ3n) is 5.80. The first-order valence-corrected chi connectivity index (χ1v) is 11.9. The van der Waals surface area contributed by atoms with E-state index >= 15 is 0 Å². The molecule has 0 atom stereocenters. The molecule has 8 heteroatoms. The Balaban J connectivity index is 1.46. The summed E-state index contributed by atoms with van der Waals surface area (Å²) < 4.78 is 15.0. The summed E-state index contributed by atoms with van der Waals surface area (Å²) in [5, 5.41) is 9.55. The van der Waals surface area contributed by atoms with Gasteiger partial charge in [0.2, 0.25) is 6.79 Å². The van der Waals surface area contributed by atoms with Crippen molar-refractivity contribution in [3.05, 3.63) is 84.2 Å². The van der Waals surface area contributed by atoms with Crippen molar-refractivity contribution in [3.8, 4) is 28.6 Å². The monoisotopic (exact) mass is 472 g/mol. The number of Topliss-reactive ketones (excluding diaryl/α,β-unsaturated/α-hetero) is 1. The lowest BCUT2D eigenvalue weighted by molar-refractivity contribution is 0.102. The van der Waals surface area contributed by atoms with E-state index in [0.717, 1.165) is 28.2 Å². The van der Waals surface area contributed by atoms with Gasteiger partial charge in [-0.15, -0.1) is 16.8 Å². The number of nitrogens with zero attached hydrogens (tertiary/aromatic N) is 4. The molecule has 0 radical (unpaired) electrons. The first-order chi connectivity index (χ1) is 16.6. The summed E-state index contributed by atoms with van der Waals surface area (Å²) in [6, 6.07) is 17.5. The summed E-state index contributed by atoms with van der Waals surface area (Å²) in [6.45, 7) is 8.67. The Morgan fingerprint density at radius 1 is 1.09 bits per heavy atom. The number of hydrogen-bond acceptors (Lipinski definition) is 6. The van der Waals surface area contributed by atoms with Crippen LogP contribution in [0.4, 0.5) is 0 Å². The number of para-hydroxylation sites is 1. The molecule has 0 amide bonds. The molecule has 3 heterocycles. The van der Waals surface area contributed by atoms with Crippen molar-refractivity contribution in [3.63, 3.8) is 0 Å². The standard InChI is InChI=1S/C26H24N4O3S/c1-4-12-29-17(2)13-21(18(29)3)22(31)15-34-26-28-27-25(30(26)20-8-6-5-7-9-20)19-10-11-23-24(14-19)33-16-32-23/h4-11,13-14H,1,12,15-16H2,2-3H3. The van der Waals surface area contributed by atoms with Gasteiger partial charge in [-0.25, -0.2) is 0 Å². The number of ether oxygens (including phenoxy) is 2. The number of aromatic nitrogens is 4. The highest BCUT2D eigenvalue weighted by Gasteiger charge is 2.22. The van der Waals surface area contributed by atoms with Crippen LogP contribution in [0.5, 0.6) is 11.5 Å². The topological polar surface area (TPSA) is 71.2 Å². The fourth-order valence-corrected chi connectivity index (χ4v) is 4.93. The molecular formula is C26H24N4O3S. The van der Waals surface area contributed by atoms with E-state index in [2.05, 4.69) is 21.3 Å². The first-order valence-electron chi connectivity index (χ1n) is 10.9. The van der Waals surface area contributed by atoms with E-state index in [4.69, 9.17) is 9.47 Å². The third-order valence-corrected chi connectivity index (χ3v) is 6.73. The summed E-state index contributed by atoms with van der Waals surface area (Å²) in [4.78, 5) is 13.1. The van der Waals surface area contributed by atoms with Gasteiger partial charge in [0.1, 0.15) is 0 Å². The summed E-state index contributed by atoms with van der Waals surface area (Å²) in [6.07, 6.45) is 1.84. The highest BCUT2D eigenvalue weighted by molar-refractivity contribution is 7.99. The molecule has 2 aromatic carbocycles. The zero-order valence-corrected chi connectivity index (χ0v) is 19.8. The van der Waals surface area contributed by atoms with Gasteiger partial charge in [-0.2, -0.15) is 0 Å². The lowest BCUT2D eigenvalue weighted by atomic mass is 10.2. The molecule has 0 unspecified atom stereocenters. The van der Waals surface area contributed by atoms with Crippen molar-refractivity contribution in [2.75, 3.05) is 12.5 Å². The van der Waals surface area contributed by atoms with E-state index in [0.29, 0.717) is 29.0 Å². The average Bonchev–Trinajstić information content (AvgIpc) is 3.56. The van der Waals surface area contributed by atoms with Gasteiger partial charge in [0.05, 0.1) is 5.75 Å². The summed E-state index contributed by atoms with van der Waals surface area (Å²) in [7, 11) is 0. The molecule has 0 bridgehead atoms. The fourth-order valence-electron chi connectivity index (χ4n) is 4.10. The molecule has 5 rings (SSSR count). The molecule has 34 heavy (non-hydrogen) atoms. The molecule has 0 fully saturated rings. The van der Waals surface area contributed by atoms with Crippen molar-refractivity contribution < 1.29 is 14.3 Å². The Kier molecular flexibility index (Phi) is 5.98. The number of rotatable bonds is 8. The van der Waals surface area contributed by atoms with E-state index in [1.54, 1.807) is 0 Å². The second-order valence-corrected chi connectivity index (χ2v) is 8.88. The van der Waals surface area contributed by atoms with Crippen LogP contribution in [-0.4, -0.2) is 37.7 Å². The maximum atomic E-state index is 13.1. The lowest BCUT2D eigenvalue weighted by Crippen LogP contribution is -2.07. The number of carbonyl (C=O) groups is 1. The van der Waals surface area contributed by atoms with Crippen LogP contribution in [0.25, 0.3) is 17.1 Å². The molecule has 0 aliphatic carbocycles. The van der Waals surface area contributed by atoms with Gasteiger partial charge in [-0.3, -0.25) is 9.36 Å². The number of fused-ring (bicyclic) bond motifs is 1. The molecule has 0 spiro atoms. The Labute approximate surface area is 202 Å². The Morgan fingerprint density at radius 2 is 1.88 bits per heavy atom. The SMILES string of the molecule is C=CCn1c(C)cc(C(=O)CSc2nnc(-c3ccc4c(c3)OCO4)n2-c2ccccc2)c1C. The number of allylic oxidation sites excluding steroid dienone is 1. The van der Waals surface area contributed by atoms with E-state index in [9.17, 15) is 4.79 Å². The van der Waals surface area contributed by atoms with Gasteiger partial charge in [-0.1, -0.05) is 36.0 Å². The van der Waals surface area contributed by atoms with Crippen LogP contribution in [-0.2, 0) is 6.54 Å². The van der Waals surface area contributed by atoms with Gasteiger partial charge in [0.25, 0.3) is 0 Å². The fraction of sp³-hybridized carbons (Fsp3) is 0.192. The van der Waals surface area contributed by atoms with Crippen LogP contribution >= 0.6 is 11.8 Å². The zero-order valence-electron chi connectivity index (χ0n) is 19.0. The lowest BCUT2D eigenvalue weighted by Gasteiger charge is -2.11. The Bertz CT molecular complexity index is 1370. The highest BCUT2D eigenvalue weighted by atomic mass is 32.2. The molecular weight excluding hydrogens is 448 g/mol. The normalized spacial score (nSPS) is 12.2. The van der Waals surface area contributed by atoms with Gasteiger partial charge in [0, 0.05) is 34.7 Å². The Hall–Kier alpha value is -3.78. The third kappa shape index (κ3) is 4.01. The van der Waals surface area contributed by atoms with Crippen LogP contribution < -0.4 is 9.47 Å². The zero-order chi connectivity index (χ0) is 23.7. The number of benzene rings is 2. The molecule has 0 N–H and O–H groups in total. The van der Waals surface area contributed by atoms with Gasteiger partial charge in [0.15, 0.2) is 28.3 Å². The largest absolute Gasteiger partial charge is 0.454 e. The van der Waals surface area contributed by atoms with Crippen molar-refractivity contribution in [2.24, 2.45) is 0 Å². The van der Waals surface area contributed by atoms with E-state index < -0.39 is 0 Å². The minimum absolute atomic E-state index is 0.0562. The number of carbonyl (C=O) groups excluding carboxylic acids is 1.